The molecule has 0 spiro atoms. The third-order valence-corrected chi connectivity index (χ3v) is 4.01. The van der Waals surface area contributed by atoms with Crippen molar-refractivity contribution in [2.45, 2.75) is 40.2 Å². The number of halogens is 2. The van der Waals surface area contributed by atoms with Gasteiger partial charge in [-0.3, -0.25) is 0 Å². The first-order valence-corrected chi connectivity index (χ1v) is 7.26. The minimum atomic E-state index is 0.510. The fraction of sp³-hybridized carbons (Fsp3) is 0.538. The molecule has 0 aliphatic rings. The molecule has 0 aliphatic heterocycles. The summed E-state index contributed by atoms with van der Waals surface area (Å²) in [5.41, 5.74) is 2.41. The molecule has 0 aliphatic carbocycles. The Morgan fingerprint density at radius 2 is 1.69 bits per heavy atom. The quantitative estimate of drug-likeness (QED) is 0.771. The molecule has 0 heterocycles. The second-order valence-corrected chi connectivity index (χ2v) is 6.22. The largest absolute Gasteiger partial charge is 0.380 e. The van der Waals surface area contributed by atoms with E-state index in [4.69, 9.17) is 0 Å². The van der Waals surface area contributed by atoms with E-state index >= 15 is 0 Å². The van der Waals surface area contributed by atoms with Gasteiger partial charge in [-0.2, -0.15) is 0 Å². The summed E-state index contributed by atoms with van der Waals surface area (Å²) in [5, 5.41) is 3.60. The Labute approximate surface area is 115 Å². The third kappa shape index (κ3) is 3.49. The zero-order valence-electron chi connectivity index (χ0n) is 10.3. The van der Waals surface area contributed by atoms with Crippen molar-refractivity contribution in [2.75, 3.05) is 5.32 Å². The summed E-state index contributed by atoms with van der Waals surface area (Å²) in [4.78, 5) is 0. The zero-order chi connectivity index (χ0) is 12.3. The van der Waals surface area contributed by atoms with E-state index in [1.54, 1.807) is 0 Å². The van der Waals surface area contributed by atoms with Crippen LogP contribution in [0, 0.1) is 12.8 Å². The number of hydrogen-bond acceptors (Lipinski definition) is 1. The summed E-state index contributed by atoms with van der Waals surface area (Å²) in [6, 6.07) is 4.79. The van der Waals surface area contributed by atoms with Crippen LogP contribution in [0.3, 0.4) is 0 Å². The van der Waals surface area contributed by atoms with Gasteiger partial charge in [0.1, 0.15) is 0 Å². The number of aryl methyl sites for hydroxylation is 1. The van der Waals surface area contributed by atoms with Gasteiger partial charge in [0.15, 0.2) is 0 Å². The Morgan fingerprint density at radius 3 is 2.06 bits per heavy atom. The molecule has 1 atom stereocenters. The molecule has 90 valence electrons. The number of nitrogens with one attached hydrogen (secondary N) is 1. The van der Waals surface area contributed by atoms with Crippen LogP contribution in [0.25, 0.3) is 0 Å². The first kappa shape index (κ1) is 14.0. The molecular formula is C13H19Br2N. The van der Waals surface area contributed by atoms with Gasteiger partial charge >= 0.3 is 0 Å². The fourth-order valence-electron chi connectivity index (χ4n) is 1.76. The summed E-state index contributed by atoms with van der Waals surface area (Å²) in [5.74, 6) is 0.630. The lowest BCUT2D eigenvalue weighted by atomic mass is 10.0. The SMILES string of the molecule is CCC(Nc1c(Br)cc(C)cc1Br)C(C)C. The molecule has 1 rings (SSSR count). The van der Waals surface area contributed by atoms with Crippen molar-refractivity contribution in [2.24, 2.45) is 5.92 Å². The smallest absolute Gasteiger partial charge is 0.0631 e. The van der Waals surface area contributed by atoms with Crippen molar-refractivity contribution in [1.29, 1.82) is 0 Å². The van der Waals surface area contributed by atoms with E-state index in [1.807, 2.05) is 0 Å². The van der Waals surface area contributed by atoms with Gasteiger partial charge in [-0.25, -0.2) is 0 Å². The van der Waals surface area contributed by atoms with Gasteiger partial charge < -0.3 is 5.32 Å². The van der Waals surface area contributed by atoms with Gasteiger partial charge in [0.2, 0.25) is 0 Å². The summed E-state index contributed by atoms with van der Waals surface area (Å²) < 4.78 is 2.25. The molecule has 1 N–H and O–H groups in total. The molecule has 0 saturated heterocycles. The highest BCUT2D eigenvalue weighted by Gasteiger charge is 2.14. The third-order valence-electron chi connectivity index (χ3n) is 2.76. The maximum Gasteiger partial charge on any atom is 0.0631 e. The molecule has 1 aromatic rings. The first-order chi connectivity index (χ1) is 7.45. The van der Waals surface area contributed by atoms with Gasteiger partial charge in [0.25, 0.3) is 0 Å². The minimum absolute atomic E-state index is 0.510. The predicted molar refractivity (Wildman–Crippen MR) is 79.1 cm³/mol. The van der Waals surface area contributed by atoms with Crippen molar-refractivity contribution in [3.05, 3.63) is 26.6 Å². The summed E-state index contributed by atoms with van der Waals surface area (Å²) in [7, 11) is 0. The Hall–Kier alpha value is -0.0200. The highest BCUT2D eigenvalue weighted by molar-refractivity contribution is 9.11. The maximum absolute atomic E-state index is 3.61. The van der Waals surface area contributed by atoms with E-state index < -0.39 is 0 Å². The molecule has 1 unspecified atom stereocenters. The Bertz CT molecular complexity index is 338. The zero-order valence-corrected chi connectivity index (χ0v) is 13.4. The normalized spacial score (nSPS) is 12.9. The molecule has 0 aromatic heterocycles. The number of anilines is 1. The topological polar surface area (TPSA) is 12.0 Å². The molecular weight excluding hydrogens is 330 g/mol. The van der Waals surface area contributed by atoms with E-state index in [0.717, 1.165) is 21.1 Å². The van der Waals surface area contributed by atoms with Crippen LogP contribution in [0.4, 0.5) is 5.69 Å². The molecule has 1 aromatic carbocycles. The van der Waals surface area contributed by atoms with Crippen LogP contribution in [-0.4, -0.2) is 6.04 Å². The molecule has 0 fully saturated rings. The fourth-order valence-corrected chi connectivity index (χ4v) is 3.41. The molecule has 0 radical (unpaired) electrons. The van der Waals surface area contributed by atoms with Crippen LogP contribution in [0.2, 0.25) is 0 Å². The predicted octanol–water partition coefficient (Wildman–Crippen LogP) is 5.37. The van der Waals surface area contributed by atoms with Crippen LogP contribution in [0.1, 0.15) is 32.8 Å². The summed E-state index contributed by atoms with van der Waals surface area (Å²) in [6.45, 7) is 8.81. The highest BCUT2D eigenvalue weighted by Crippen LogP contribution is 2.33. The Balaban J connectivity index is 2.96. The van der Waals surface area contributed by atoms with Crippen LogP contribution < -0.4 is 5.32 Å². The van der Waals surface area contributed by atoms with Crippen molar-refractivity contribution in [3.8, 4) is 0 Å². The lowest BCUT2D eigenvalue weighted by Gasteiger charge is -2.23. The van der Waals surface area contributed by atoms with Crippen molar-refractivity contribution in [1.82, 2.24) is 0 Å². The average Bonchev–Trinajstić information content (AvgIpc) is 2.15. The maximum atomic E-state index is 3.61. The lowest BCUT2D eigenvalue weighted by molar-refractivity contribution is 0.511. The molecule has 0 amide bonds. The van der Waals surface area contributed by atoms with Crippen molar-refractivity contribution >= 4 is 37.5 Å². The molecule has 0 saturated carbocycles. The van der Waals surface area contributed by atoms with E-state index in [9.17, 15) is 0 Å². The second-order valence-electron chi connectivity index (χ2n) is 4.51. The lowest BCUT2D eigenvalue weighted by Crippen LogP contribution is -2.25. The number of rotatable bonds is 4. The van der Waals surface area contributed by atoms with Crippen molar-refractivity contribution < 1.29 is 0 Å². The molecule has 3 heteroatoms. The summed E-state index contributed by atoms with van der Waals surface area (Å²) >= 11 is 7.22. The Morgan fingerprint density at radius 1 is 1.19 bits per heavy atom. The molecule has 1 nitrogen and oxygen atoms in total. The molecule has 16 heavy (non-hydrogen) atoms. The first-order valence-electron chi connectivity index (χ1n) is 5.67. The Kier molecular flexibility index (Phi) is 5.32. The van der Waals surface area contributed by atoms with Gasteiger partial charge in [-0.15, -0.1) is 0 Å². The highest BCUT2D eigenvalue weighted by atomic mass is 79.9. The van der Waals surface area contributed by atoms with E-state index in [1.165, 1.54) is 5.56 Å². The van der Waals surface area contributed by atoms with Crippen LogP contribution in [0.5, 0.6) is 0 Å². The van der Waals surface area contributed by atoms with E-state index in [2.05, 4.69) is 77.0 Å². The van der Waals surface area contributed by atoms with E-state index in [-0.39, 0.29) is 0 Å². The minimum Gasteiger partial charge on any atom is -0.380 e. The van der Waals surface area contributed by atoms with Crippen LogP contribution >= 0.6 is 31.9 Å². The molecule has 0 bridgehead atoms. The van der Waals surface area contributed by atoms with Gasteiger partial charge in [0, 0.05) is 15.0 Å². The van der Waals surface area contributed by atoms with Crippen molar-refractivity contribution in [3.63, 3.8) is 0 Å². The van der Waals surface area contributed by atoms with Gasteiger partial charge in [0.05, 0.1) is 5.69 Å². The average molecular weight is 349 g/mol. The standard InChI is InChI=1S/C13H19Br2N/c1-5-12(8(2)3)16-13-10(14)6-9(4)7-11(13)15/h6-8,12,16H,5H2,1-4H3. The van der Waals surface area contributed by atoms with Gasteiger partial charge in [-0.05, 0) is 68.8 Å². The second kappa shape index (κ2) is 6.06. The van der Waals surface area contributed by atoms with Crippen LogP contribution in [-0.2, 0) is 0 Å². The van der Waals surface area contributed by atoms with Crippen LogP contribution in [0.15, 0.2) is 21.1 Å². The number of hydrogen-bond donors (Lipinski definition) is 1. The van der Waals surface area contributed by atoms with E-state index in [0.29, 0.717) is 12.0 Å². The summed E-state index contributed by atoms with van der Waals surface area (Å²) in [6.07, 6.45) is 1.13. The number of benzene rings is 1. The van der Waals surface area contributed by atoms with Gasteiger partial charge in [-0.1, -0.05) is 20.8 Å². The monoisotopic (exact) mass is 347 g/mol.